The van der Waals surface area contributed by atoms with E-state index in [1.54, 1.807) is 24.0 Å². The molecule has 1 unspecified atom stereocenters. The molecule has 1 aliphatic heterocycles. The largest absolute Gasteiger partial charge is 0.484 e. The van der Waals surface area contributed by atoms with Gasteiger partial charge >= 0.3 is 5.97 Å². The molecule has 0 bridgehead atoms. The smallest absolute Gasteiger partial charge is 0.341 e. The third-order valence-corrected chi connectivity index (χ3v) is 6.31. The average Bonchev–Trinajstić information content (AvgIpc) is 3.32. The lowest BCUT2D eigenvalue weighted by Crippen LogP contribution is -2.36. The van der Waals surface area contributed by atoms with Crippen molar-refractivity contribution >= 4 is 22.7 Å². The number of hydrogen-bond acceptors (Lipinski definition) is 9. The topological polar surface area (TPSA) is 112 Å². The van der Waals surface area contributed by atoms with Gasteiger partial charge in [0.05, 0.1) is 24.4 Å². The number of nitrogens with zero attached hydrogens (tertiary/aromatic N) is 6. The van der Waals surface area contributed by atoms with Crippen LogP contribution in [0.15, 0.2) is 41.7 Å². The molecule has 0 saturated carbocycles. The van der Waals surface area contributed by atoms with E-state index in [1.807, 2.05) is 0 Å². The summed E-state index contributed by atoms with van der Waals surface area (Å²) in [6, 6.07) is 4.37. The van der Waals surface area contributed by atoms with Gasteiger partial charge in [0, 0.05) is 47.4 Å². The molecule has 0 amide bonds. The zero-order chi connectivity index (χ0) is 24.1. The Morgan fingerprint density at radius 1 is 1.21 bits per heavy atom. The second-order valence-corrected chi connectivity index (χ2v) is 9.08. The third kappa shape index (κ3) is 5.56. The summed E-state index contributed by atoms with van der Waals surface area (Å²) >= 11 is 0. The van der Waals surface area contributed by atoms with Gasteiger partial charge < -0.3 is 14.4 Å². The van der Waals surface area contributed by atoms with Crippen LogP contribution in [0.3, 0.4) is 0 Å². The van der Waals surface area contributed by atoms with E-state index in [9.17, 15) is 13.4 Å². The quantitative estimate of drug-likeness (QED) is 0.442. The molecule has 3 heterocycles. The number of aromatic nitrogens is 5. The van der Waals surface area contributed by atoms with E-state index < -0.39 is 22.6 Å². The number of ether oxygens (including phenoxy) is 2. The van der Waals surface area contributed by atoms with Crippen LogP contribution < -0.4 is 9.64 Å². The molecule has 1 aliphatic rings. The SMILES string of the molecule is CCOC(=O)c1cnc(N2CCC(n3ncc(COc4ccc(S(C)=O)cc4F)n3)CC2)nc1. The van der Waals surface area contributed by atoms with Crippen LogP contribution in [0, 0.1) is 5.82 Å². The van der Waals surface area contributed by atoms with Crippen molar-refractivity contribution in [3.05, 3.63) is 53.9 Å². The van der Waals surface area contributed by atoms with Gasteiger partial charge in [0.15, 0.2) is 11.6 Å². The second-order valence-electron chi connectivity index (χ2n) is 7.70. The van der Waals surface area contributed by atoms with E-state index in [0.717, 1.165) is 12.8 Å². The molecule has 12 heteroatoms. The molecular weight excluding hydrogens is 463 g/mol. The van der Waals surface area contributed by atoms with Crippen molar-refractivity contribution in [3.8, 4) is 5.75 Å². The first-order valence-corrected chi connectivity index (χ1v) is 12.4. The average molecular weight is 489 g/mol. The van der Waals surface area contributed by atoms with Crippen LogP contribution in [0.25, 0.3) is 0 Å². The van der Waals surface area contributed by atoms with Gasteiger partial charge in [0.25, 0.3) is 0 Å². The zero-order valence-corrected chi connectivity index (χ0v) is 19.7. The van der Waals surface area contributed by atoms with Crippen molar-refractivity contribution in [2.24, 2.45) is 0 Å². The summed E-state index contributed by atoms with van der Waals surface area (Å²) in [6.45, 7) is 3.55. The molecule has 0 spiro atoms. The van der Waals surface area contributed by atoms with Crippen LogP contribution in [0.4, 0.5) is 10.3 Å². The number of carbonyl (C=O) groups is 1. The fourth-order valence-electron chi connectivity index (χ4n) is 3.58. The number of benzene rings is 1. The Bertz CT molecular complexity index is 1160. The maximum Gasteiger partial charge on any atom is 0.341 e. The monoisotopic (exact) mass is 488 g/mol. The summed E-state index contributed by atoms with van der Waals surface area (Å²) in [4.78, 5) is 24.5. The molecule has 0 aliphatic carbocycles. The molecule has 1 saturated heterocycles. The van der Waals surface area contributed by atoms with E-state index in [4.69, 9.17) is 9.47 Å². The first kappa shape index (κ1) is 23.7. The zero-order valence-electron chi connectivity index (χ0n) is 18.9. The van der Waals surface area contributed by atoms with Gasteiger partial charge in [-0.2, -0.15) is 15.0 Å². The summed E-state index contributed by atoms with van der Waals surface area (Å²) < 4.78 is 36.1. The lowest BCUT2D eigenvalue weighted by atomic mass is 10.1. The third-order valence-electron chi connectivity index (χ3n) is 5.39. The lowest BCUT2D eigenvalue weighted by Gasteiger charge is -2.31. The van der Waals surface area contributed by atoms with Gasteiger partial charge in [0.1, 0.15) is 12.3 Å². The Balaban J connectivity index is 1.30. The summed E-state index contributed by atoms with van der Waals surface area (Å²) in [6.07, 6.45) is 7.64. The molecule has 1 aromatic carbocycles. The summed E-state index contributed by atoms with van der Waals surface area (Å²) in [5.74, 6) is -0.362. The van der Waals surface area contributed by atoms with Crippen molar-refractivity contribution in [2.75, 3.05) is 30.9 Å². The van der Waals surface area contributed by atoms with Gasteiger partial charge in [0.2, 0.25) is 5.95 Å². The van der Waals surface area contributed by atoms with Crippen LogP contribution in [0.5, 0.6) is 5.75 Å². The van der Waals surface area contributed by atoms with E-state index >= 15 is 0 Å². The maximum atomic E-state index is 14.1. The minimum atomic E-state index is -1.26. The Kier molecular flexibility index (Phi) is 7.46. The Morgan fingerprint density at radius 2 is 1.94 bits per heavy atom. The van der Waals surface area contributed by atoms with Gasteiger partial charge in [-0.1, -0.05) is 0 Å². The molecule has 3 aromatic rings. The predicted molar refractivity (Wildman–Crippen MR) is 122 cm³/mol. The van der Waals surface area contributed by atoms with Crippen molar-refractivity contribution < 1.29 is 22.9 Å². The van der Waals surface area contributed by atoms with Crippen molar-refractivity contribution in [3.63, 3.8) is 0 Å². The highest BCUT2D eigenvalue weighted by atomic mass is 32.2. The van der Waals surface area contributed by atoms with Gasteiger partial charge in [-0.15, -0.1) is 0 Å². The summed E-state index contributed by atoms with van der Waals surface area (Å²) in [5.41, 5.74) is 0.912. The van der Waals surface area contributed by atoms with Gasteiger partial charge in [-0.25, -0.2) is 19.2 Å². The molecule has 2 aromatic heterocycles. The van der Waals surface area contributed by atoms with E-state index in [2.05, 4.69) is 25.1 Å². The van der Waals surface area contributed by atoms with Crippen LogP contribution in [0.1, 0.15) is 41.9 Å². The van der Waals surface area contributed by atoms with Crippen LogP contribution in [-0.2, 0) is 22.1 Å². The fraction of sp³-hybridized carbons (Fsp3) is 0.409. The first-order valence-electron chi connectivity index (χ1n) is 10.8. The van der Waals surface area contributed by atoms with Crippen LogP contribution in [0.2, 0.25) is 0 Å². The fourth-order valence-corrected chi connectivity index (χ4v) is 4.11. The number of piperidine rings is 1. The normalized spacial score (nSPS) is 15.2. The molecule has 0 radical (unpaired) electrons. The number of hydrogen-bond donors (Lipinski definition) is 0. The van der Waals surface area contributed by atoms with E-state index in [0.29, 0.717) is 41.8 Å². The maximum absolute atomic E-state index is 14.1. The van der Waals surface area contributed by atoms with Crippen molar-refractivity contribution in [1.82, 2.24) is 25.0 Å². The number of carbonyl (C=O) groups excluding carboxylic acids is 1. The molecule has 1 fully saturated rings. The Morgan fingerprint density at radius 3 is 2.59 bits per heavy atom. The second kappa shape index (κ2) is 10.7. The number of halogens is 1. The highest BCUT2D eigenvalue weighted by Crippen LogP contribution is 2.24. The molecule has 1 atom stereocenters. The Hall–Kier alpha value is -3.41. The van der Waals surface area contributed by atoms with Crippen molar-refractivity contribution in [1.29, 1.82) is 0 Å². The molecule has 34 heavy (non-hydrogen) atoms. The Labute approximate surface area is 198 Å². The van der Waals surface area contributed by atoms with E-state index in [1.165, 1.54) is 30.8 Å². The highest BCUT2D eigenvalue weighted by molar-refractivity contribution is 7.84. The number of esters is 1. The van der Waals surface area contributed by atoms with Crippen LogP contribution >= 0.6 is 0 Å². The number of rotatable bonds is 8. The standard InChI is InChI=1S/C22H25FN6O4S/c1-3-32-21(30)15-11-24-22(25-12-15)28-8-6-17(7-9-28)29-26-13-16(27-29)14-33-20-5-4-18(34(2)31)10-19(20)23/h4-5,10-13,17H,3,6-9,14H2,1-2H3. The number of anilines is 1. The molecule has 10 nitrogen and oxygen atoms in total. The molecule has 4 rings (SSSR count). The van der Waals surface area contributed by atoms with Gasteiger partial charge in [-0.05, 0) is 38.0 Å². The minimum Gasteiger partial charge on any atom is -0.484 e. The summed E-state index contributed by atoms with van der Waals surface area (Å²) in [7, 11) is -1.26. The molecule has 180 valence electrons. The first-order chi connectivity index (χ1) is 16.4. The minimum absolute atomic E-state index is 0.0744. The van der Waals surface area contributed by atoms with Gasteiger partial charge in [-0.3, -0.25) is 4.21 Å². The van der Waals surface area contributed by atoms with Crippen molar-refractivity contribution in [2.45, 2.75) is 37.3 Å². The molecular formula is C22H25FN6O4S. The molecule has 0 N–H and O–H groups in total. The summed E-state index contributed by atoms with van der Waals surface area (Å²) in [5, 5.41) is 8.83. The highest BCUT2D eigenvalue weighted by Gasteiger charge is 2.24. The van der Waals surface area contributed by atoms with Crippen LogP contribution in [-0.4, -0.2) is 61.1 Å². The van der Waals surface area contributed by atoms with E-state index in [-0.39, 0.29) is 18.4 Å². The lowest BCUT2D eigenvalue weighted by molar-refractivity contribution is 0.0525. The predicted octanol–water partition coefficient (Wildman–Crippen LogP) is 2.54.